The number of aromatic amines is 1. The molecule has 2 amide bonds. The Labute approximate surface area is 158 Å². The number of likely N-dealkylation sites (tertiary alicyclic amines) is 1. The first kappa shape index (κ1) is 15.7. The number of hydrogen-bond acceptors (Lipinski definition) is 3. The quantitative estimate of drug-likeness (QED) is 0.713. The number of hydrogen-bond donors (Lipinski definition) is 2. The Morgan fingerprint density at radius 1 is 1.40 bits per heavy atom. The van der Waals surface area contributed by atoms with Crippen LogP contribution in [-0.4, -0.2) is 89.9 Å². The van der Waals surface area contributed by atoms with E-state index in [1.807, 2.05) is 12.1 Å². The van der Waals surface area contributed by atoms with Gasteiger partial charge in [-0.15, -0.1) is 0 Å². The molecule has 3 heterocycles. The van der Waals surface area contributed by atoms with Crippen LogP contribution in [0, 0.1) is 0 Å². The fourth-order valence-corrected chi connectivity index (χ4v) is 2.67. The van der Waals surface area contributed by atoms with E-state index in [4.69, 9.17) is 5.73 Å². The van der Waals surface area contributed by atoms with Gasteiger partial charge in [-0.25, -0.2) is 14.6 Å². The molecule has 0 bridgehead atoms. The molecular weight excluding hydrogens is 285 g/mol. The summed E-state index contributed by atoms with van der Waals surface area (Å²) in [7, 11) is 0. The number of piperidine rings is 1. The maximum atomic E-state index is 12.0. The molecule has 1 aliphatic rings. The number of pyridine rings is 1. The van der Waals surface area contributed by atoms with Gasteiger partial charge in [0.25, 0.3) is 0 Å². The SMILES string of the molecule is NC(=O)N1CCC(n2c(=O)[nH]c3ncccc32)CC1.[KH]. The summed E-state index contributed by atoms with van der Waals surface area (Å²) in [5, 5.41) is 0. The second-order valence-electron chi connectivity index (χ2n) is 4.73. The topological polar surface area (TPSA) is 97.0 Å². The summed E-state index contributed by atoms with van der Waals surface area (Å²) < 4.78 is 1.74. The number of rotatable bonds is 1. The van der Waals surface area contributed by atoms with Crippen LogP contribution in [0.25, 0.3) is 11.2 Å². The first-order valence-electron chi connectivity index (χ1n) is 6.26. The Bertz CT molecular complexity index is 672. The van der Waals surface area contributed by atoms with E-state index in [0.29, 0.717) is 18.7 Å². The van der Waals surface area contributed by atoms with Gasteiger partial charge in [0.05, 0.1) is 5.52 Å². The van der Waals surface area contributed by atoms with Gasteiger partial charge in [-0.05, 0) is 25.0 Å². The van der Waals surface area contributed by atoms with E-state index in [-0.39, 0.29) is 63.1 Å². The van der Waals surface area contributed by atoms with Crippen LogP contribution in [0.3, 0.4) is 0 Å². The number of primary amides is 1. The number of imidazole rings is 1. The van der Waals surface area contributed by atoms with Crippen molar-refractivity contribution in [3.63, 3.8) is 0 Å². The van der Waals surface area contributed by atoms with Crippen molar-refractivity contribution >= 4 is 68.6 Å². The van der Waals surface area contributed by atoms with Crippen LogP contribution in [0.2, 0.25) is 0 Å². The average Bonchev–Trinajstić information content (AvgIpc) is 2.74. The van der Waals surface area contributed by atoms with Crippen LogP contribution in [0.1, 0.15) is 18.9 Å². The number of amides is 2. The van der Waals surface area contributed by atoms with Crippen molar-refractivity contribution in [1.29, 1.82) is 0 Å². The number of H-pyrrole nitrogens is 1. The van der Waals surface area contributed by atoms with Crippen molar-refractivity contribution in [2.75, 3.05) is 13.1 Å². The van der Waals surface area contributed by atoms with E-state index in [0.717, 1.165) is 18.4 Å². The fraction of sp³-hybridized carbons (Fsp3) is 0.417. The van der Waals surface area contributed by atoms with Gasteiger partial charge >= 0.3 is 63.1 Å². The minimum absolute atomic E-state index is 0. The molecule has 7 nitrogen and oxygen atoms in total. The van der Waals surface area contributed by atoms with Crippen molar-refractivity contribution in [1.82, 2.24) is 19.4 Å². The predicted octanol–water partition coefficient (Wildman–Crippen LogP) is -0.208. The molecule has 2 aromatic heterocycles. The molecule has 0 aromatic carbocycles. The summed E-state index contributed by atoms with van der Waals surface area (Å²) in [6.45, 7) is 1.17. The molecule has 0 radical (unpaired) electrons. The van der Waals surface area contributed by atoms with Crippen molar-refractivity contribution in [3.05, 3.63) is 28.8 Å². The molecule has 8 heteroatoms. The molecule has 1 fully saturated rings. The predicted molar refractivity (Wildman–Crippen MR) is 76.9 cm³/mol. The molecule has 0 saturated carbocycles. The third-order valence-electron chi connectivity index (χ3n) is 3.63. The summed E-state index contributed by atoms with van der Waals surface area (Å²) in [6, 6.07) is 3.37. The van der Waals surface area contributed by atoms with Crippen LogP contribution in [0.5, 0.6) is 0 Å². The molecule has 0 atom stereocenters. The third-order valence-corrected chi connectivity index (χ3v) is 3.63. The van der Waals surface area contributed by atoms with Crippen molar-refractivity contribution < 1.29 is 4.79 Å². The van der Waals surface area contributed by atoms with Gasteiger partial charge in [0.1, 0.15) is 0 Å². The summed E-state index contributed by atoms with van der Waals surface area (Å²) in [5.41, 5.74) is 6.52. The molecule has 1 saturated heterocycles. The maximum absolute atomic E-state index is 12.0. The Morgan fingerprint density at radius 2 is 2.10 bits per heavy atom. The number of nitrogens with zero attached hydrogens (tertiary/aromatic N) is 3. The molecule has 3 N–H and O–H groups in total. The normalized spacial score (nSPS) is 16.1. The Balaban J connectivity index is 0.00000147. The number of fused-ring (bicyclic) bond motifs is 1. The number of urea groups is 1. The van der Waals surface area contributed by atoms with Crippen molar-refractivity contribution in [2.45, 2.75) is 18.9 Å². The molecule has 20 heavy (non-hydrogen) atoms. The second kappa shape index (κ2) is 6.40. The number of carbonyl (C=O) groups is 1. The first-order chi connectivity index (χ1) is 9.16. The first-order valence-corrected chi connectivity index (χ1v) is 6.26. The van der Waals surface area contributed by atoms with E-state index in [1.165, 1.54) is 0 Å². The Hall–Kier alpha value is -0.674. The van der Waals surface area contributed by atoms with E-state index in [9.17, 15) is 9.59 Å². The van der Waals surface area contributed by atoms with Gasteiger partial charge < -0.3 is 10.6 Å². The number of aromatic nitrogens is 3. The van der Waals surface area contributed by atoms with Gasteiger partial charge in [-0.2, -0.15) is 0 Å². The van der Waals surface area contributed by atoms with Crippen LogP contribution in [0.15, 0.2) is 23.1 Å². The van der Waals surface area contributed by atoms with E-state index in [1.54, 1.807) is 15.7 Å². The number of nitrogens with two attached hydrogens (primary N) is 1. The van der Waals surface area contributed by atoms with E-state index < -0.39 is 6.03 Å². The van der Waals surface area contributed by atoms with Gasteiger partial charge in [0.15, 0.2) is 5.65 Å². The van der Waals surface area contributed by atoms with Gasteiger partial charge in [0, 0.05) is 25.3 Å². The summed E-state index contributed by atoms with van der Waals surface area (Å²) in [4.78, 5) is 31.6. The van der Waals surface area contributed by atoms with Crippen LogP contribution >= 0.6 is 0 Å². The Morgan fingerprint density at radius 3 is 2.75 bits per heavy atom. The van der Waals surface area contributed by atoms with Gasteiger partial charge in [0.2, 0.25) is 0 Å². The number of nitrogens with one attached hydrogen (secondary N) is 1. The van der Waals surface area contributed by atoms with Crippen molar-refractivity contribution in [2.24, 2.45) is 5.73 Å². The van der Waals surface area contributed by atoms with Crippen LogP contribution in [0.4, 0.5) is 4.79 Å². The molecule has 2 aromatic rings. The number of carbonyl (C=O) groups excluding carboxylic acids is 1. The Kier molecular flexibility index (Phi) is 5.02. The molecule has 0 spiro atoms. The standard InChI is InChI=1S/C12H15N5O2.K.H/c13-11(18)16-6-3-8(4-7-16)17-9-2-1-5-14-10(9)15-12(17)19;;/h1-2,5,8H,3-4,6-7H2,(H2,13,18)(H,14,15,19);;. The summed E-state index contributed by atoms with van der Waals surface area (Å²) in [5.74, 6) is 0. The second-order valence-corrected chi connectivity index (χ2v) is 4.73. The zero-order chi connectivity index (χ0) is 13.4. The zero-order valence-corrected chi connectivity index (χ0v) is 10.4. The van der Waals surface area contributed by atoms with Crippen molar-refractivity contribution in [3.8, 4) is 0 Å². The van der Waals surface area contributed by atoms with Gasteiger partial charge in [-0.3, -0.25) is 9.55 Å². The molecular formula is C12H16KN5O2. The minimum atomic E-state index is -0.397. The van der Waals surface area contributed by atoms with Gasteiger partial charge in [-0.1, -0.05) is 0 Å². The molecule has 3 rings (SSSR count). The molecule has 0 aliphatic carbocycles. The molecule has 1 aliphatic heterocycles. The zero-order valence-electron chi connectivity index (χ0n) is 10.4. The molecule has 0 unspecified atom stereocenters. The summed E-state index contributed by atoms with van der Waals surface area (Å²) >= 11 is 0. The van der Waals surface area contributed by atoms with Crippen LogP contribution in [-0.2, 0) is 0 Å². The monoisotopic (exact) mass is 301 g/mol. The van der Waals surface area contributed by atoms with E-state index >= 15 is 0 Å². The summed E-state index contributed by atoms with van der Waals surface area (Å²) in [6.07, 6.45) is 3.10. The van der Waals surface area contributed by atoms with Crippen LogP contribution < -0.4 is 11.4 Å². The molecule has 102 valence electrons. The average molecular weight is 301 g/mol. The van der Waals surface area contributed by atoms with E-state index in [2.05, 4.69) is 9.97 Å². The fourth-order valence-electron chi connectivity index (χ4n) is 2.67. The third kappa shape index (κ3) is 2.84.